The summed E-state index contributed by atoms with van der Waals surface area (Å²) in [6, 6.07) is 0.395. The van der Waals surface area contributed by atoms with E-state index in [4.69, 9.17) is 4.74 Å². The van der Waals surface area contributed by atoms with Gasteiger partial charge < -0.3 is 4.74 Å². The smallest absolute Gasteiger partial charge is 0.324 e. The van der Waals surface area contributed by atoms with E-state index in [2.05, 4.69) is 23.6 Å². The number of nitrogens with zero attached hydrogens (tertiary/aromatic N) is 2. The molecule has 0 aliphatic carbocycles. The Morgan fingerprint density at radius 2 is 2.07 bits per heavy atom. The number of hydrogen-bond acceptors (Lipinski definition) is 4. The summed E-state index contributed by atoms with van der Waals surface area (Å²) in [5, 5.41) is 0. The summed E-state index contributed by atoms with van der Waals surface area (Å²) in [6.07, 6.45) is 0. The van der Waals surface area contributed by atoms with E-state index in [-0.39, 0.29) is 12.0 Å². The van der Waals surface area contributed by atoms with Crippen molar-refractivity contribution in [2.24, 2.45) is 0 Å². The lowest BCUT2D eigenvalue weighted by Crippen LogP contribution is -2.56. The molecule has 82 valence electrons. The highest BCUT2D eigenvalue weighted by Crippen LogP contribution is 2.11. The number of carbonyl (C=O) groups excluding carboxylic acids is 1. The molecule has 0 aromatic carbocycles. The largest absolute Gasteiger partial charge is 0.468 e. The Bertz CT molecular complexity index is 206. The number of esters is 1. The van der Waals surface area contributed by atoms with Crippen LogP contribution in [0.1, 0.15) is 13.8 Å². The Balaban J connectivity index is 2.59. The highest BCUT2D eigenvalue weighted by molar-refractivity contribution is 5.76. The van der Waals surface area contributed by atoms with Crippen LogP contribution in [0.15, 0.2) is 0 Å². The van der Waals surface area contributed by atoms with Crippen LogP contribution in [-0.2, 0) is 9.53 Å². The lowest BCUT2D eigenvalue weighted by molar-refractivity contribution is -0.149. The fraction of sp³-hybridized carbons (Fsp3) is 0.900. The lowest BCUT2D eigenvalue weighted by atomic mass is 10.1. The van der Waals surface area contributed by atoms with E-state index >= 15 is 0 Å². The van der Waals surface area contributed by atoms with Crippen LogP contribution in [0.3, 0.4) is 0 Å². The van der Waals surface area contributed by atoms with Crippen molar-refractivity contribution >= 4 is 5.97 Å². The number of likely N-dealkylation sites (N-methyl/N-ethyl adjacent to an activating group) is 1. The summed E-state index contributed by atoms with van der Waals surface area (Å²) >= 11 is 0. The Labute approximate surface area is 85.8 Å². The Hall–Kier alpha value is -0.610. The molecule has 0 spiro atoms. The standard InChI is InChI=1S/C10H20N2O2/c1-8(2)12-6-5-11(3)9(7-12)10(13)14-4/h8-9H,5-7H2,1-4H3/t9-/m0/s1. The van der Waals surface area contributed by atoms with Crippen LogP contribution in [0.4, 0.5) is 0 Å². The molecule has 14 heavy (non-hydrogen) atoms. The van der Waals surface area contributed by atoms with Crippen molar-refractivity contribution in [3.05, 3.63) is 0 Å². The normalized spacial score (nSPS) is 25.4. The molecular weight excluding hydrogens is 180 g/mol. The molecule has 0 aromatic rings. The van der Waals surface area contributed by atoms with E-state index in [1.807, 2.05) is 7.05 Å². The van der Waals surface area contributed by atoms with Gasteiger partial charge in [0.05, 0.1) is 7.11 Å². The first-order valence-corrected chi connectivity index (χ1v) is 5.08. The Kier molecular flexibility index (Phi) is 3.89. The zero-order valence-electron chi connectivity index (χ0n) is 9.49. The third-order valence-corrected chi connectivity index (χ3v) is 2.88. The maximum absolute atomic E-state index is 11.5. The molecule has 1 saturated heterocycles. The Morgan fingerprint density at radius 1 is 1.43 bits per heavy atom. The van der Waals surface area contributed by atoms with Crippen LogP contribution < -0.4 is 0 Å². The van der Waals surface area contributed by atoms with Crippen LogP contribution in [0.2, 0.25) is 0 Å². The summed E-state index contributed by atoms with van der Waals surface area (Å²) in [4.78, 5) is 15.8. The number of rotatable bonds is 2. The molecule has 1 aliphatic heterocycles. The molecule has 0 unspecified atom stereocenters. The van der Waals surface area contributed by atoms with Crippen molar-refractivity contribution in [3.8, 4) is 0 Å². The van der Waals surface area contributed by atoms with Crippen molar-refractivity contribution in [2.45, 2.75) is 25.9 Å². The van der Waals surface area contributed by atoms with Gasteiger partial charge >= 0.3 is 5.97 Å². The van der Waals surface area contributed by atoms with Gasteiger partial charge in [-0.05, 0) is 20.9 Å². The second-order valence-electron chi connectivity index (χ2n) is 4.11. The highest BCUT2D eigenvalue weighted by Gasteiger charge is 2.31. The quantitative estimate of drug-likeness (QED) is 0.595. The van der Waals surface area contributed by atoms with Gasteiger partial charge in [-0.2, -0.15) is 0 Å². The third-order valence-electron chi connectivity index (χ3n) is 2.88. The van der Waals surface area contributed by atoms with Gasteiger partial charge in [0.2, 0.25) is 0 Å². The van der Waals surface area contributed by atoms with E-state index in [1.54, 1.807) is 0 Å². The summed E-state index contributed by atoms with van der Waals surface area (Å²) in [7, 11) is 3.42. The van der Waals surface area contributed by atoms with Crippen LogP contribution in [0.5, 0.6) is 0 Å². The molecule has 0 bridgehead atoms. The minimum atomic E-state index is -0.127. The van der Waals surface area contributed by atoms with E-state index in [0.717, 1.165) is 19.6 Å². The van der Waals surface area contributed by atoms with Crippen LogP contribution in [0, 0.1) is 0 Å². The van der Waals surface area contributed by atoms with Gasteiger partial charge in [0.1, 0.15) is 6.04 Å². The van der Waals surface area contributed by atoms with Gasteiger partial charge in [-0.1, -0.05) is 0 Å². The number of ether oxygens (including phenoxy) is 1. The lowest BCUT2D eigenvalue weighted by Gasteiger charge is -2.39. The first kappa shape index (κ1) is 11.5. The fourth-order valence-corrected chi connectivity index (χ4v) is 1.75. The van der Waals surface area contributed by atoms with Crippen molar-refractivity contribution < 1.29 is 9.53 Å². The van der Waals surface area contributed by atoms with Crippen LogP contribution >= 0.6 is 0 Å². The SMILES string of the molecule is COC(=O)[C@@H]1CN(C(C)C)CCN1C. The molecule has 1 heterocycles. The van der Waals surface area contributed by atoms with Gasteiger partial charge in [-0.3, -0.25) is 14.6 Å². The second kappa shape index (κ2) is 4.75. The zero-order chi connectivity index (χ0) is 10.7. The van der Waals surface area contributed by atoms with Crippen LogP contribution in [-0.4, -0.2) is 61.6 Å². The average Bonchev–Trinajstić information content (AvgIpc) is 2.17. The van der Waals surface area contributed by atoms with Gasteiger partial charge in [-0.25, -0.2) is 0 Å². The molecule has 0 N–H and O–H groups in total. The molecular formula is C10H20N2O2. The number of carbonyl (C=O) groups is 1. The molecule has 4 heteroatoms. The van der Waals surface area contributed by atoms with Gasteiger partial charge in [0, 0.05) is 25.7 Å². The summed E-state index contributed by atoms with van der Waals surface area (Å²) in [5.74, 6) is -0.127. The number of hydrogen-bond donors (Lipinski definition) is 0. The number of piperazine rings is 1. The first-order chi connectivity index (χ1) is 6.56. The molecule has 1 atom stereocenters. The first-order valence-electron chi connectivity index (χ1n) is 5.08. The maximum atomic E-state index is 11.5. The molecule has 0 saturated carbocycles. The number of methoxy groups -OCH3 is 1. The molecule has 0 amide bonds. The van der Waals surface area contributed by atoms with Crippen LogP contribution in [0.25, 0.3) is 0 Å². The summed E-state index contributed by atoms with van der Waals surface area (Å²) < 4.78 is 4.78. The van der Waals surface area contributed by atoms with E-state index in [9.17, 15) is 4.79 Å². The van der Waals surface area contributed by atoms with Crippen molar-refractivity contribution in [1.29, 1.82) is 0 Å². The minimum absolute atomic E-state index is 0.101. The topological polar surface area (TPSA) is 32.8 Å². The summed E-state index contributed by atoms with van der Waals surface area (Å²) in [5.41, 5.74) is 0. The summed E-state index contributed by atoms with van der Waals surface area (Å²) in [6.45, 7) is 7.04. The van der Waals surface area contributed by atoms with E-state index in [1.165, 1.54) is 7.11 Å². The zero-order valence-corrected chi connectivity index (χ0v) is 9.49. The second-order valence-corrected chi connectivity index (χ2v) is 4.11. The average molecular weight is 200 g/mol. The minimum Gasteiger partial charge on any atom is -0.468 e. The third kappa shape index (κ3) is 2.45. The molecule has 0 aromatic heterocycles. The highest BCUT2D eigenvalue weighted by atomic mass is 16.5. The molecule has 4 nitrogen and oxygen atoms in total. The molecule has 0 radical (unpaired) electrons. The van der Waals surface area contributed by atoms with Gasteiger partial charge in [-0.15, -0.1) is 0 Å². The van der Waals surface area contributed by atoms with Crippen molar-refractivity contribution in [3.63, 3.8) is 0 Å². The monoisotopic (exact) mass is 200 g/mol. The van der Waals surface area contributed by atoms with Gasteiger partial charge in [0.15, 0.2) is 0 Å². The van der Waals surface area contributed by atoms with E-state index in [0.29, 0.717) is 6.04 Å². The van der Waals surface area contributed by atoms with Crippen molar-refractivity contribution in [1.82, 2.24) is 9.80 Å². The molecule has 1 rings (SSSR count). The van der Waals surface area contributed by atoms with E-state index < -0.39 is 0 Å². The predicted octanol–water partition coefficient (Wildman–Crippen LogP) is 0.184. The molecule has 1 aliphatic rings. The van der Waals surface area contributed by atoms with Gasteiger partial charge in [0.25, 0.3) is 0 Å². The van der Waals surface area contributed by atoms with Crippen molar-refractivity contribution in [2.75, 3.05) is 33.8 Å². The maximum Gasteiger partial charge on any atom is 0.324 e. The fourth-order valence-electron chi connectivity index (χ4n) is 1.75. The Morgan fingerprint density at radius 3 is 2.57 bits per heavy atom. The molecule has 1 fully saturated rings. The predicted molar refractivity (Wildman–Crippen MR) is 55.1 cm³/mol.